The number of anilines is 1. The monoisotopic (exact) mass is 341 g/mol. The summed E-state index contributed by atoms with van der Waals surface area (Å²) >= 11 is 0. The molecule has 130 valence electrons. The summed E-state index contributed by atoms with van der Waals surface area (Å²) in [6, 6.07) is 11.9. The van der Waals surface area contributed by atoms with Crippen molar-refractivity contribution in [3.63, 3.8) is 0 Å². The molecule has 2 aromatic rings. The van der Waals surface area contributed by atoms with E-state index in [2.05, 4.69) is 15.8 Å². The standard InChI is InChI=1S/C18H19N3O4/c1-12-3-6-14(7-4-12)20-17(23)10-18(24)21-19-11-13-5-8-15(22)16(9-13)25-2/h3-9,11,22H,10H2,1-2H3,(H,20,23)(H,21,24). The molecular formula is C18H19N3O4. The maximum absolute atomic E-state index is 11.8. The average Bonchev–Trinajstić information content (AvgIpc) is 2.58. The minimum atomic E-state index is -0.536. The molecule has 0 spiro atoms. The molecule has 25 heavy (non-hydrogen) atoms. The number of nitrogens with zero attached hydrogens (tertiary/aromatic N) is 1. The van der Waals surface area contributed by atoms with Crippen LogP contribution >= 0.6 is 0 Å². The van der Waals surface area contributed by atoms with Crippen molar-refractivity contribution in [1.29, 1.82) is 0 Å². The molecule has 3 N–H and O–H groups in total. The molecule has 0 aliphatic heterocycles. The van der Waals surface area contributed by atoms with Crippen molar-refractivity contribution in [2.75, 3.05) is 12.4 Å². The lowest BCUT2D eigenvalue weighted by molar-refractivity contribution is -0.126. The molecular weight excluding hydrogens is 322 g/mol. The predicted octanol–water partition coefficient (Wildman–Crippen LogP) is 2.19. The van der Waals surface area contributed by atoms with Gasteiger partial charge in [0, 0.05) is 5.69 Å². The zero-order valence-electron chi connectivity index (χ0n) is 13.9. The van der Waals surface area contributed by atoms with Crippen LogP contribution in [0, 0.1) is 6.92 Å². The van der Waals surface area contributed by atoms with Crippen molar-refractivity contribution in [1.82, 2.24) is 5.43 Å². The summed E-state index contributed by atoms with van der Waals surface area (Å²) in [7, 11) is 1.43. The number of aryl methyl sites for hydroxylation is 1. The Morgan fingerprint density at radius 3 is 2.56 bits per heavy atom. The van der Waals surface area contributed by atoms with Crippen molar-refractivity contribution in [3.8, 4) is 11.5 Å². The Kier molecular flexibility index (Phi) is 6.11. The Hall–Kier alpha value is -3.35. The molecule has 0 unspecified atom stereocenters. The number of carbonyl (C=O) groups excluding carboxylic acids is 2. The highest BCUT2D eigenvalue weighted by atomic mass is 16.5. The highest BCUT2D eigenvalue weighted by Crippen LogP contribution is 2.25. The van der Waals surface area contributed by atoms with E-state index in [9.17, 15) is 14.7 Å². The molecule has 0 fully saturated rings. The second kappa shape index (κ2) is 8.49. The summed E-state index contributed by atoms with van der Waals surface area (Å²) in [6.07, 6.45) is 1.04. The molecule has 2 aromatic carbocycles. The van der Waals surface area contributed by atoms with E-state index < -0.39 is 11.8 Å². The predicted molar refractivity (Wildman–Crippen MR) is 94.8 cm³/mol. The maximum Gasteiger partial charge on any atom is 0.249 e. The third-order valence-electron chi connectivity index (χ3n) is 3.26. The first-order chi connectivity index (χ1) is 12.0. The molecule has 0 aliphatic rings. The highest BCUT2D eigenvalue weighted by Gasteiger charge is 2.09. The van der Waals surface area contributed by atoms with E-state index in [0.29, 0.717) is 17.0 Å². The van der Waals surface area contributed by atoms with Crippen LogP contribution in [0.5, 0.6) is 11.5 Å². The molecule has 0 bridgehead atoms. The lowest BCUT2D eigenvalue weighted by Gasteiger charge is -2.05. The largest absolute Gasteiger partial charge is 0.504 e. The normalized spacial score (nSPS) is 10.5. The molecule has 0 radical (unpaired) electrons. The van der Waals surface area contributed by atoms with Gasteiger partial charge in [-0.05, 0) is 42.8 Å². The first-order valence-electron chi connectivity index (χ1n) is 7.53. The van der Waals surface area contributed by atoms with Crippen molar-refractivity contribution >= 4 is 23.7 Å². The number of nitrogens with one attached hydrogen (secondary N) is 2. The maximum atomic E-state index is 11.8. The molecule has 0 aromatic heterocycles. The smallest absolute Gasteiger partial charge is 0.249 e. The van der Waals surface area contributed by atoms with E-state index in [-0.39, 0.29) is 12.2 Å². The van der Waals surface area contributed by atoms with Gasteiger partial charge in [0.05, 0.1) is 13.3 Å². The van der Waals surface area contributed by atoms with Gasteiger partial charge in [0.2, 0.25) is 11.8 Å². The third kappa shape index (κ3) is 5.65. The van der Waals surface area contributed by atoms with Crippen molar-refractivity contribution in [2.45, 2.75) is 13.3 Å². The van der Waals surface area contributed by atoms with E-state index >= 15 is 0 Å². The van der Waals surface area contributed by atoms with Crippen molar-refractivity contribution in [2.24, 2.45) is 5.10 Å². The quantitative estimate of drug-likeness (QED) is 0.426. The summed E-state index contributed by atoms with van der Waals surface area (Å²) in [5.74, 6) is -0.654. The van der Waals surface area contributed by atoms with Gasteiger partial charge in [-0.3, -0.25) is 9.59 Å². The molecule has 0 aliphatic carbocycles. The van der Waals surface area contributed by atoms with Crippen LogP contribution in [0.2, 0.25) is 0 Å². The van der Waals surface area contributed by atoms with Gasteiger partial charge < -0.3 is 15.2 Å². The van der Waals surface area contributed by atoms with Crippen LogP contribution in [0.15, 0.2) is 47.6 Å². The highest BCUT2D eigenvalue weighted by molar-refractivity contribution is 6.03. The number of ether oxygens (including phenoxy) is 1. The van der Waals surface area contributed by atoms with Gasteiger partial charge in [-0.15, -0.1) is 0 Å². The molecule has 0 atom stereocenters. The third-order valence-corrected chi connectivity index (χ3v) is 3.26. The summed E-state index contributed by atoms with van der Waals surface area (Å²) in [5.41, 5.74) is 4.61. The van der Waals surface area contributed by atoms with Gasteiger partial charge in [-0.2, -0.15) is 5.10 Å². The molecule has 7 heteroatoms. The summed E-state index contributed by atoms with van der Waals surface area (Å²) < 4.78 is 4.98. The summed E-state index contributed by atoms with van der Waals surface area (Å²) in [5, 5.41) is 15.9. The molecule has 0 saturated carbocycles. The number of methoxy groups -OCH3 is 1. The van der Waals surface area contributed by atoms with Crippen LogP contribution in [0.4, 0.5) is 5.69 Å². The van der Waals surface area contributed by atoms with Crippen molar-refractivity contribution < 1.29 is 19.4 Å². The fourth-order valence-electron chi connectivity index (χ4n) is 1.98. The number of hydrazone groups is 1. The van der Waals surface area contributed by atoms with E-state index in [1.807, 2.05) is 19.1 Å². The summed E-state index contributed by atoms with van der Waals surface area (Å²) in [6.45, 7) is 1.95. The Balaban J connectivity index is 1.83. The molecule has 0 heterocycles. The van der Waals surface area contributed by atoms with E-state index in [1.54, 1.807) is 24.3 Å². The first-order valence-corrected chi connectivity index (χ1v) is 7.53. The zero-order valence-corrected chi connectivity index (χ0v) is 13.9. The minimum absolute atomic E-state index is 0.0106. The number of carbonyl (C=O) groups is 2. The molecule has 0 saturated heterocycles. The minimum Gasteiger partial charge on any atom is -0.504 e. The van der Waals surface area contributed by atoms with Crippen LogP contribution < -0.4 is 15.5 Å². The Morgan fingerprint density at radius 1 is 1.16 bits per heavy atom. The number of phenolic OH excluding ortho intramolecular Hbond substituents is 1. The topological polar surface area (TPSA) is 100 Å². The summed E-state index contributed by atoms with van der Waals surface area (Å²) in [4.78, 5) is 23.5. The van der Waals surface area contributed by atoms with Crippen LogP contribution in [0.25, 0.3) is 0 Å². The second-order valence-corrected chi connectivity index (χ2v) is 5.32. The van der Waals surface area contributed by atoms with Gasteiger partial charge in [0.15, 0.2) is 11.5 Å². The van der Waals surface area contributed by atoms with Crippen LogP contribution in [0.1, 0.15) is 17.5 Å². The number of hydrogen-bond acceptors (Lipinski definition) is 5. The molecule has 2 amide bonds. The number of rotatable bonds is 6. The van der Waals surface area contributed by atoms with Crippen LogP contribution in [-0.4, -0.2) is 30.2 Å². The first kappa shape index (κ1) is 18.0. The van der Waals surface area contributed by atoms with Gasteiger partial charge >= 0.3 is 0 Å². The number of aromatic hydroxyl groups is 1. The Morgan fingerprint density at radius 2 is 1.88 bits per heavy atom. The van der Waals surface area contributed by atoms with E-state index in [1.165, 1.54) is 19.4 Å². The fraction of sp³-hybridized carbons (Fsp3) is 0.167. The Labute approximate surface area is 145 Å². The SMILES string of the molecule is COc1cc(C=NNC(=O)CC(=O)Nc2ccc(C)cc2)ccc1O. The number of benzene rings is 2. The molecule has 2 rings (SSSR count). The number of hydrogen-bond donors (Lipinski definition) is 3. The Bertz CT molecular complexity index is 785. The van der Waals surface area contributed by atoms with Gasteiger partial charge in [0.25, 0.3) is 0 Å². The van der Waals surface area contributed by atoms with E-state index in [4.69, 9.17) is 4.74 Å². The van der Waals surface area contributed by atoms with Gasteiger partial charge in [-0.25, -0.2) is 5.43 Å². The van der Waals surface area contributed by atoms with E-state index in [0.717, 1.165) is 5.56 Å². The second-order valence-electron chi connectivity index (χ2n) is 5.32. The fourth-order valence-corrected chi connectivity index (χ4v) is 1.98. The zero-order chi connectivity index (χ0) is 18.2. The number of amides is 2. The number of phenols is 1. The van der Waals surface area contributed by atoms with Crippen LogP contribution in [-0.2, 0) is 9.59 Å². The van der Waals surface area contributed by atoms with Gasteiger partial charge in [0.1, 0.15) is 6.42 Å². The van der Waals surface area contributed by atoms with Crippen LogP contribution in [0.3, 0.4) is 0 Å². The molecule has 7 nitrogen and oxygen atoms in total. The lowest BCUT2D eigenvalue weighted by Crippen LogP contribution is -2.24. The van der Waals surface area contributed by atoms with Gasteiger partial charge in [-0.1, -0.05) is 17.7 Å². The lowest BCUT2D eigenvalue weighted by atomic mass is 10.2. The van der Waals surface area contributed by atoms with Crippen molar-refractivity contribution in [3.05, 3.63) is 53.6 Å². The average molecular weight is 341 g/mol.